The lowest BCUT2D eigenvalue weighted by Gasteiger charge is -2.27. The van der Waals surface area contributed by atoms with Crippen molar-refractivity contribution in [3.05, 3.63) is 22.4 Å². The second-order valence-electron chi connectivity index (χ2n) is 4.26. The van der Waals surface area contributed by atoms with Gasteiger partial charge in [-0.25, -0.2) is 0 Å². The van der Waals surface area contributed by atoms with Crippen LogP contribution in [0, 0.1) is 5.41 Å². The van der Waals surface area contributed by atoms with Gasteiger partial charge in [-0.3, -0.25) is 4.79 Å². The van der Waals surface area contributed by atoms with E-state index >= 15 is 0 Å². The van der Waals surface area contributed by atoms with Crippen LogP contribution >= 0.6 is 23.6 Å². The molecule has 0 fully saturated rings. The van der Waals surface area contributed by atoms with Crippen molar-refractivity contribution in [1.29, 1.82) is 0 Å². The van der Waals surface area contributed by atoms with Gasteiger partial charge in [0.15, 0.2) is 0 Å². The van der Waals surface area contributed by atoms with Gasteiger partial charge in [0, 0.05) is 4.88 Å². The van der Waals surface area contributed by atoms with Crippen LogP contribution in [0.2, 0.25) is 0 Å². The lowest BCUT2D eigenvalue weighted by atomic mass is 9.86. The van der Waals surface area contributed by atoms with Gasteiger partial charge in [-0.05, 0) is 31.7 Å². The quantitative estimate of drug-likeness (QED) is 0.809. The number of hydrogen-bond acceptors (Lipinski definition) is 3. The van der Waals surface area contributed by atoms with Crippen molar-refractivity contribution in [1.82, 2.24) is 5.32 Å². The van der Waals surface area contributed by atoms with Crippen LogP contribution < -0.4 is 11.1 Å². The zero-order valence-corrected chi connectivity index (χ0v) is 12.0. The van der Waals surface area contributed by atoms with Crippen molar-refractivity contribution < 1.29 is 4.79 Å². The Morgan fingerprint density at radius 1 is 1.71 bits per heavy atom. The molecule has 2 atom stereocenters. The molecule has 1 amide bonds. The number of carbonyl (C=O) groups is 1. The standard InChI is InChI=1S/C12H18N2OS2/c1-4-12(3,10(13)16)11(15)14-8(2)9-6-5-7-17-9/h5-8H,4H2,1-3H3,(H2,13,16)(H,14,15). The van der Waals surface area contributed by atoms with Crippen molar-refractivity contribution >= 4 is 34.5 Å². The van der Waals surface area contributed by atoms with Gasteiger partial charge >= 0.3 is 0 Å². The number of hydrogen-bond donors (Lipinski definition) is 2. The summed E-state index contributed by atoms with van der Waals surface area (Å²) >= 11 is 6.60. The van der Waals surface area contributed by atoms with E-state index < -0.39 is 5.41 Å². The zero-order chi connectivity index (χ0) is 13.1. The topological polar surface area (TPSA) is 55.1 Å². The van der Waals surface area contributed by atoms with Crippen LogP contribution in [0.25, 0.3) is 0 Å². The SMILES string of the molecule is CCC(C)(C(=O)NC(C)c1cccs1)C(N)=S. The Bertz CT molecular complexity index is 403. The summed E-state index contributed by atoms with van der Waals surface area (Å²) in [5.74, 6) is -0.103. The number of nitrogens with two attached hydrogens (primary N) is 1. The Balaban J connectivity index is 2.75. The van der Waals surface area contributed by atoms with Crippen LogP contribution in [0.1, 0.15) is 38.1 Å². The Hall–Kier alpha value is -0.940. The molecule has 17 heavy (non-hydrogen) atoms. The van der Waals surface area contributed by atoms with Crippen LogP contribution in [-0.4, -0.2) is 10.9 Å². The molecule has 0 aromatic carbocycles. The van der Waals surface area contributed by atoms with E-state index in [0.717, 1.165) is 4.88 Å². The maximum atomic E-state index is 12.2. The summed E-state index contributed by atoms with van der Waals surface area (Å²) in [6, 6.07) is 3.96. The lowest BCUT2D eigenvalue weighted by molar-refractivity contribution is -0.127. The molecule has 3 nitrogen and oxygen atoms in total. The minimum absolute atomic E-state index is 0.0114. The number of nitrogens with one attached hydrogen (secondary N) is 1. The first-order chi connectivity index (χ1) is 7.91. The lowest BCUT2D eigenvalue weighted by Crippen LogP contribution is -2.47. The molecule has 1 heterocycles. The van der Waals surface area contributed by atoms with E-state index in [2.05, 4.69) is 5.32 Å². The van der Waals surface area contributed by atoms with Crippen LogP contribution in [0.4, 0.5) is 0 Å². The fourth-order valence-electron chi connectivity index (χ4n) is 1.41. The molecule has 3 N–H and O–H groups in total. The largest absolute Gasteiger partial charge is 0.392 e. The van der Waals surface area contributed by atoms with Crippen molar-refractivity contribution in [2.75, 3.05) is 0 Å². The summed E-state index contributed by atoms with van der Waals surface area (Å²) in [5.41, 5.74) is 4.89. The van der Waals surface area contributed by atoms with Gasteiger partial charge in [0.1, 0.15) is 0 Å². The molecule has 1 rings (SSSR count). The predicted molar refractivity (Wildman–Crippen MR) is 76.1 cm³/mol. The molecule has 1 aromatic heterocycles. The van der Waals surface area contributed by atoms with Gasteiger partial charge in [0.25, 0.3) is 0 Å². The molecule has 0 aliphatic rings. The van der Waals surface area contributed by atoms with E-state index in [1.54, 1.807) is 18.3 Å². The normalized spacial score (nSPS) is 15.9. The minimum Gasteiger partial charge on any atom is -0.392 e. The molecule has 0 saturated heterocycles. The maximum Gasteiger partial charge on any atom is 0.233 e. The van der Waals surface area contributed by atoms with E-state index in [4.69, 9.17) is 18.0 Å². The highest BCUT2D eigenvalue weighted by Gasteiger charge is 2.35. The molecule has 0 saturated carbocycles. The number of amides is 1. The average Bonchev–Trinajstić information content (AvgIpc) is 2.80. The summed E-state index contributed by atoms with van der Waals surface area (Å²) in [4.78, 5) is 13.5. The number of rotatable bonds is 5. The molecular weight excluding hydrogens is 252 g/mol. The predicted octanol–water partition coefficient (Wildman–Crippen LogP) is 2.63. The highest BCUT2D eigenvalue weighted by molar-refractivity contribution is 7.80. The Morgan fingerprint density at radius 2 is 2.35 bits per heavy atom. The molecular formula is C12H18N2OS2. The number of thiocarbonyl (C=S) groups is 1. The van der Waals surface area contributed by atoms with Gasteiger partial charge in [0.2, 0.25) is 5.91 Å². The van der Waals surface area contributed by atoms with Crippen LogP contribution in [-0.2, 0) is 4.79 Å². The van der Waals surface area contributed by atoms with Crippen LogP contribution in [0.15, 0.2) is 17.5 Å². The average molecular weight is 270 g/mol. The maximum absolute atomic E-state index is 12.2. The third-order valence-electron chi connectivity index (χ3n) is 3.07. The summed E-state index contributed by atoms with van der Waals surface area (Å²) < 4.78 is 0. The third kappa shape index (κ3) is 3.04. The van der Waals surface area contributed by atoms with E-state index in [-0.39, 0.29) is 16.9 Å². The Morgan fingerprint density at radius 3 is 2.76 bits per heavy atom. The highest BCUT2D eigenvalue weighted by atomic mass is 32.1. The molecule has 5 heteroatoms. The highest BCUT2D eigenvalue weighted by Crippen LogP contribution is 2.25. The van der Waals surface area contributed by atoms with Crippen molar-refractivity contribution in [2.45, 2.75) is 33.2 Å². The molecule has 94 valence electrons. The summed E-state index contributed by atoms with van der Waals surface area (Å²) in [5, 5.41) is 4.95. The molecule has 0 radical (unpaired) electrons. The second-order valence-corrected chi connectivity index (χ2v) is 5.68. The summed E-state index contributed by atoms with van der Waals surface area (Å²) in [6.45, 7) is 5.65. The molecule has 2 unspecified atom stereocenters. The van der Waals surface area contributed by atoms with Gasteiger partial charge in [-0.15, -0.1) is 11.3 Å². The van der Waals surface area contributed by atoms with Gasteiger partial charge in [0.05, 0.1) is 16.4 Å². The number of carbonyl (C=O) groups excluding carboxylic acids is 1. The smallest absolute Gasteiger partial charge is 0.233 e. The first kappa shape index (κ1) is 14.1. The first-order valence-electron chi connectivity index (χ1n) is 5.56. The van der Waals surface area contributed by atoms with E-state index in [1.165, 1.54) is 0 Å². The molecule has 0 bridgehead atoms. The first-order valence-corrected chi connectivity index (χ1v) is 6.85. The van der Waals surface area contributed by atoms with Crippen molar-refractivity contribution in [3.8, 4) is 0 Å². The van der Waals surface area contributed by atoms with Crippen LogP contribution in [0.5, 0.6) is 0 Å². The monoisotopic (exact) mass is 270 g/mol. The third-order valence-corrected chi connectivity index (χ3v) is 4.58. The van der Waals surface area contributed by atoms with Crippen molar-refractivity contribution in [3.63, 3.8) is 0 Å². The van der Waals surface area contributed by atoms with E-state index in [9.17, 15) is 4.79 Å². The Labute approximate surface area is 111 Å². The minimum atomic E-state index is -0.763. The fourth-order valence-corrected chi connectivity index (χ4v) is 2.38. The van der Waals surface area contributed by atoms with E-state index in [0.29, 0.717) is 6.42 Å². The van der Waals surface area contributed by atoms with Gasteiger partial charge in [-0.1, -0.05) is 25.2 Å². The second kappa shape index (κ2) is 5.60. The fraction of sp³-hybridized carbons (Fsp3) is 0.500. The molecule has 0 aliphatic carbocycles. The van der Waals surface area contributed by atoms with Crippen molar-refractivity contribution in [2.24, 2.45) is 11.1 Å². The summed E-state index contributed by atoms with van der Waals surface area (Å²) in [6.07, 6.45) is 0.603. The van der Waals surface area contributed by atoms with Crippen LogP contribution in [0.3, 0.4) is 0 Å². The molecule has 0 spiro atoms. The zero-order valence-electron chi connectivity index (χ0n) is 10.3. The van der Waals surface area contributed by atoms with Gasteiger partial charge in [-0.2, -0.15) is 0 Å². The van der Waals surface area contributed by atoms with Gasteiger partial charge < -0.3 is 11.1 Å². The molecule has 0 aliphatic heterocycles. The van der Waals surface area contributed by atoms with E-state index in [1.807, 2.05) is 31.4 Å². The summed E-state index contributed by atoms with van der Waals surface area (Å²) in [7, 11) is 0. The number of thiophene rings is 1. The molecule has 1 aromatic rings. The Kier molecular flexibility index (Phi) is 4.65.